The van der Waals surface area contributed by atoms with Crippen LogP contribution in [-0.4, -0.2) is 81.7 Å². The van der Waals surface area contributed by atoms with E-state index in [0.717, 1.165) is 5.56 Å². The van der Waals surface area contributed by atoms with Crippen LogP contribution in [0.15, 0.2) is 18.2 Å². The normalized spacial score (nSPS) is 45.2. The summed E-state index contributed by atoms with van der Waals surface area (Å²) in [6, 6.07) is 1.32. The number of hydrogen-bond donors (Lipinski definition) is 4. The summed E-state index contributed by atoms with van der Waals surface area (Å²) in [6.45, 7) is 1.87. The SMILES string of the molecule is [2H]c1cc2c(c([2H])c1O[C@@H]1O[C@H](C(=O)O)[C@@H](O)[C@H](O)[C@H]1O)CC[C@@H]1[C@@H]2CC[C@]2(C)C(=O)C([2H])([2H])C[C@@H]12.[Li]. The summed E-state index contributed by atoms with van der Waals surface area (Å²) < 4.78 is 44.4. The first-order chi connectivity index (χ1) is 16.8. The fourth-order valence-corrected chi connectivity index (χ4v) is 6.11. The number of aliphatic hydroxyl groups excluding tert-OH is 3. The number of ketones is 1. The molecule has 2 saturated carbocycles. The van der Waals surface area contributed by atoms with Crippen molar-refractivity contribution in [1.82, 2.24) is 0 Å². The van der Waals surface area contributed by atoms with Gasteiger partial charge in [0.2, 0.25) is 6.29 Å². The van der Waals surface area contributed by atoms with Gasteiger partial charge >= 0.3 is 5.97 Å². The smallest absolute Gasteiger partial charge is 0.335 e. The van der Waals surface area contributed by atoms with Crippen LogP contribution in [0.3, 0.4) is 0 Å². The summed E-state index contributed by atoms with van der Waals surface area (Å²) in [5.74, 6) is -2.20. The number of aliphatic carboxylic acids is 1. The largest absolute Gasteiger partial charge is 0.479 e. The topological polar surface area (TPSA) is 134 Å². The summed E-state index contributed by atoms with van der Waals surface area (Å²) in [5, 5.41) is 39.5. The zero-order chi connectivity index (χ0) is 26.3. The maximum atomic E-state index is 12.8. The molecule has 1 radical (unpaired) electrons. The van der Waals surface area contributed by atoms with E-state index in [1.54, 1.807) is 6.07 Å². The van der Waals surface area contributed by atoms with Gasteiger partial charge in [-0.05, 0) is 73.1 Å². The molecular weight excluding hydrogens is 423 g/mol. The molecule has 1 aromatic carbocycles. The van der Waals surface area contributed by atoms with Gasteiger partial charge in [-0.3, -0.25) is 4.79 Å². The first-order valence-corrected chi connectivity index (χ1v) is 11.0. The van der Waals surface area contributed by atoms with Crippen LogP contribution in [-0.2, 0) is 20.7 Å². The fraction of sp³-hybridized carbons (Fsp3) is 0.667. The molecule has 33 heavy (non-hydrogen) atoms. The van der Waals surface area contributed by atoms with Crippen LogP contribution in [0.4, 0.5) is 0 Å². The summed E-state index contributed by atoms with van der Waals surface area (Å²) in [6.07, 6.45) is -8.50. The Labute approximate surface area is 210 Å². The molecule has 1 aromatic rings. The maximum absolute atomic E-state index is 12.8. The van der Waals surface area contributed by atoms with Gasteiger partial charge in [-0.1, -0.05) is 13.0 Å². The molecule has 3 fully saturated rings. The molecule has 9 atom stereocenters. The number of fused-ring (bicyclic) bond motifs is 5. The van der Waals surface area contributed by atoms with E-state index in [2.05, 4.69) is 0 Å². The summed E-state index contributed by atoms with van der Waals surface area (Å²) >= 11 is 0. The van der Waals surface area contributed by atoms with Crippen LogP contribution in [0.1, 0.15) is 61.5 Å². The Bertz CT molecular complexity index is 1120. The molecule has 0 aromatic heterocycles. The van der Waals surface area contributed by atoms with Crippen molar-refractivity contribution in [3.05, 3.63) is 29.3 Å². The quantitative estimate of drug-likeness (QED) is 0.494. The Morgan fingerprint density at radius 3 is 2.73 bits per heavy atom. The number of carbonyl (C=O) groups is 2. The van der Waals surface area contributed by atoms with Gasteiger partial charge in [0.15, 0.2) is 6.10 Å². The number of carboxylic acid groups (broad SMARTS) is 1. The number of carboxylic acids is 1. The van der Waals surface area contributed by atoms with E-state index in [-0.39, 0.29) is 66.7 Å². The molecule has 3 aliphatic carbocycles. The fourth-order valence-electron chi connectivity index (χ4n) is 6.11. The second kappa shape index (κ2) is 8.99. The van der Waals surface area contributed by atoms with Gasteiger partial charge in [0.25, 0.3) is 0 Å². The number of Topliss-reactive ketones (excluding diaryl/α,β-unsaturated/α-hetero) is 1. The minimum Gasteiger partial charge on any atom is -0.479 e. The van der Waals surface area contributed by atoms with Crippen molar-refractivity contribution < 1.29 is 45.0 Å². The molecule has 0 amide bonds. The number of aliphatic hydroxyl groups is 3. The van der Waals surface area contributed by atoms with E-state index in [1.807, 2.05) is 6.92 Å². The molecule has 4 aliphatic rings. The van der Waals surface area contributed by atoms with E-state index >= 15 is 0 Å². The molecule has 0 unspecified atom stereocenters. The Morgan fingerprint density at radius 1 is 1.24 bits per heavy atom. The predicted molar refractivity (Wildman–Crippen MR) is 117 cm³/mol. The molecule has 8 nitrogen and oxygen atoms in total. The van der Waals surface area contributed by atoms with Crippen molar-refractivity contribution in [2.24, 2.45) is 17.3 Å². The van der Waals surface area contributed by atoms with Crippen LogP contribution in [0.25, 0.3) is 0 Å². The van der Waals surface area contributed by atoms with Gasteiger partial charge in [0, 0.05) is 33.4 Å². The minimum absolute atomic E-state index is 0. The zero-order valence-electron chi connectivity index (χ0n) is 22.7. The Morgan fingerprint density at radius 2 is 2.00 bits per heavy atom. The second-order valence-electron chi connectivity index (χ2n) is 9.61. The Balaban J connectivity index is 0.00000320. The molecule has 9 heteroatoms. The van der Waals surface area contributed by atoms with E-state index in [4.69, 9.17) is 15.0 Å². The standard InChI is InChI=1S/C24H30O8.Li/c1-24-9-8-14-13-5-3-12(10-11(13)2-4-15(14)16(24)6-7-17(24)25)31-23-20(28)18(26)19(27)21(32-23)22(29)30;/h3,5,10,14-16,18-21,23,26-28H,2,4,6-9H2,1H3,(H,29,30);/t14-,15-,16+,18+,19+,20-,21+,23-,24+;/m1./s1/i3D,7D2,10D;. The van der Waals surface area contributed by atoms with Crippen molar-refractivity contribution in [3.8, 4) is 5.75 Å². The van der Waals surface area contributed by atoms with Gasteiger partial charge < -0.3 is 29.9 Å². The molecule has 4 N–H and O–H groups in total. The van der Waals surface area contributed by atoms with E-state index < -0.39 is 48.5 Å². The Hall–Kier alpha value is -1.40. The number of ether oxygens (including phenoxy) is 2. The number of rotatable bonds is 3. The molecule has 5 rings (SSSR count). The van der Waals surface area contributed by atoms with E-state index in [1.165, 1.54) is 0 Å². The molecule has 175 valence electrons. The summed E-state index contributed by atoms with van der Waals surface area (Å²) in [4.78, 5) is 24.2. The average Bonchev–Trinajstić information content (AvgIpc) is 3.00. The van der Waals surface area contributed by atoms with Crippen LogP contribution in [0.5, 0.6) is 5.75 Å². The first-order valence-electron chi connectivity index (χ1n) is 13.0. The first kappa shape index (κ1) is 19.9. The molecule has 1 aliphatic heterocycles. The van der Waals surface area contributed by atoms with Gasteiger partial charge in [-0.15, -0.1) is 0 Å². The molecule has 0 bridgehead atoms. The number of benzene rings is 1. The summed E-state index contributed by atoms with van der Waals surface area (Å²) in [7, 11) is 0. The van der Waals surface area contributed by atoms with Crippen molar-refractivity contribution in [3.63, 3.8) is 0 Å². The van der Waals surface area contributed by atoms with E-state index in [0.29, 0.717) is 31.2 Å². The second-order valence-corrected chi connectivity index (χ2v) is 9.61. The van der Waals surface area contributed by atoms with Crippen molar-refractivity contribution in [1.29, 1.82) is 0 Å². The molecule has 1 heterocycles. The van der Waals surface area contributed by atoms with E-state index in [9.17, 15) is 30.0 Å². The number of carbonyl (C=O) groups excluding carboxylic acids is 1. The third-order valence-corrected chi connectivity index (χ3v) is 7.97. The maximum Gasteiger partial charge on any atom is 0.335 e. The van der Waals surface area contributed by atoms with Gasteiger partial charge in [-0.2, -0.15) is 0 Å². The van der Waals surface area contributed by atoms with Crippen LogP contribution in [0.2, 0.25) is 0 Å². The van der Waals surface area contributed by atoms with Crippen molar-refractivity contribution in [2.75, 3.05) is 0 Å². The third kappa shape index (κ3) is 3.95. The molecule has 1 saturated heterocycles. The van der Waals surface area contributed by atoms with Gasteiger partial charge in [0.1, 0.15) is 29.8 Å². The monoisotopic (exact) mass is 457 g/mol. The van der Waals surface area contributed by atoms with Gasteiger partial charge in [0.05, 0.1) is 2.74 Å². The van der Waals surface area contributed by atoms with Crippen molar-refractivity contribution in [2.45, 2.75) is 82.0 Å². The van der Waals surface area contributed by atoms with Crippen molar-refractivity contribution >= 4 is 30.6 Å². The van der Waals surface area contributed by atoms with Crippen LogP contribution in [0, 0.1) is 17.3 Å². The predicted octanol–water partition coefficient (Wildman–Crippen LogP) is 1.00. The Kier molecular flexibility index (Phi) is 5.41. The zero-order valence-corrected chi connectivity index (χ0v) is 18.7. The van der Waals surface area contributed by atoms with Crippen LogP contribution >= 0.6 is 0 Å². The summed E-state index contributed by atoms with van der Waals surface area (Å²) in [5.41, 5.74) is 0.748. The average molecular weight is 457 g/mol. The minimum atomic E-state index is -1.88. The number of hydrogen-bond acceptors (Lipinski definition) is 7. The van der Waals surface area contributed by atoms with Crippen LogP contribution < -0.4 is 4.74 Å². The van der Waals surface area contributed by atoms with Gasteiger partial charge in [-0.25, -0.2) is 4.79 Å². The molecular formula is C24H30LiO8. The third-order valence-electron chi connectivity index (χ3n) is 7.97. The molecule has 0 spiro atoms.